The van der Waals surface area contributed by atoms with Gasteiger partial charge in [-0.05, 0) is 11.1 Å². The molecule has 4 heteroatoms. The molecular weight excluding hydrogens is 256 g/mol. The van der Waals surface area contributed by atoms with Gasteiger partial charge in [0, 0.05) is 5.56 Å². The van der Waals surface area contributed by atoms with Gasteiger partial charge in [-0.15, -0.1) is 0 Å². The molecule has 1 aliphatic heterocycles. The molecule has 2 aromatic rings. The van der Waals surface area contributed by atoms with Crippen molar-refractivity contribution >= 4 is 11.8 Å². The number of benzene rings is 2. The van der Waals surface area contributed by atoms with Crippen LogP contribution in [0.5, 0.6) is 0 Å². The van der Waals surface area contributed by atoms with Crippen molar-refractivity contribution in [1.82, 2.24) is 0 Å². The van der Waals surface area contributed by atoms with Crippen molar-refractivity contribution in [2.75, 3.05) is 0 Å². The Hall–Kier alpha value is -2.46. The monoisotopic (exact) mass is 268 g/mol. The number of ketones is 1. The summed E-state index contributed by atoms with van der Waals surface area (Å²) in [7, 11) is 0. The average Bonchev–Trinajstić information content (AvgIpc) is 2.76. The van der Waals surface area contributed by atoms with Gasteiger partial charge in [-0.25, -0.2) is 4.79 Å². The first-order valence-corrected chi connectivity index (χ1v) is 6.24. The molecule has 4 nitrogen and oxygen atoms in total. The Bertz CT molecular complexity index is 646. The Labute approximate surface area is 115 Å². The van der Waals surface area contributed by atoms with Gasteiger partial charge in [-0.3, -0.25) is 4.79 Å². The van der Waals surface area contributed by atoms with E-state index in [2.05, 4.69) is 0 Å². The van der Waals surface area contributed by atoms with Gasteiger partial charge >= 0.3 is 5.97 Å². The molecule has 0 aromatic heterocycles. The van der Waals surface area contributed by atoms with Crippen LogP contribution in [0, 0.1) is 0 Å². The van der Waals surface area contributed by atoms with Crippen LogP contribution in [0.4, 0.5) is 0 Å². The number of esters is 1. The molecule has 1 unspecified atom stereocenters. The highest BCUT2D eigenvalue weighted by atomic mass is 16.6. The van der Waals surface area contributed by atoms with Gasteiger partial charge < -0.3 is 9.84 Å². The number of hydrogen-bond acceptors (Lipinski definition) is 4. The van der Waals surface area contributed by atoms with Crippen molar-refractivity contribution in [1.29, 1.82) is 0 Å². The summed E-state index contributed by atoms with van der Waals surface area (Å²) in [6.07, 6.45) is -2.66. The molecule has 3 rings (SSSR count). The molecule has 0 bridgehead atoms. The molecule has 2 atom stereocenters. The molecule has 1 saturated heterocycles. The Morgan fingerprint density at radius 1 is 0.850 bits per heavy atom. The van der Waals surface area contributed by atoms with Crippen molar-refractivity contribution in [2.45, 2.75) is 12.2 Å². The lowest BCUT2D eigenvalue weighted by Crippen LogP contribution is -2.21. The Morgan fingerprint density at radius 3 is 2.00 bits per heavy atom. The van der Waals surface area contributed by atoms with Crippen LogP contribution in [0.3, 0.4) is 0 Å². The van der Waals surface area contributed by atoms with E-state index in [4.69, 9.17) is 4.74 Å². The van der Waals surface area contributed by atoms with Crippen molar-refractivity contribution in [3.8, 4) is 11.1 Å². The number of rotatable bonds is 2. The molecule has 20 heavy (non-hydrogen) atoms. The maximum Gasteiger partial charge on any atom is 0.344 e. The highest BCUT2D eigenvalue weighted by Gasteiger charge is 2.42. The maximum atomic E-state index is 11.7. The fourth-order valence-electron chi connectivity index (χ4n) is 2.21. The summed E-state index contributed by atoms with van der Waals surface area (Å²) in [6.45, 7) is 0. The van der Waals surface area contributed by atoms with Crippen LogP contribution in [0.2, 0.25) is 0 Å². The summed E-state index contributed by atoms with van der Waals surface area (Å²) in [4.78, 5) is 22.8. The first-order valence-electron chi connectivity index (χ1n) is 6.24. The summed E-state index contributed by atoms with van der Waals surface area (Å²) in [5.41, 5.74) is 2.64. The lowest BCUT2D eigenvalue weighted by molar-refractivity contribution is -0.147. The lowest BCUT2D eigenvalue weighted by atomic mass is 10.00. The predicted octanol–water partition coefficient (Wildman–Crippen LogP) is 1.88. The molecule has 1 heterocycles. The van der Waals surface area contributed by atoms with E-state index in [9.17, 15) is 14.7 Å². The van der Waals surface area contributed by atoms with Gasteiger partial charge in [-0.2, -0.15) is 0 Å². The standard InChI is InChI=1S/C16H12O4/c17-13-14(18)16(19)20-15(13)12-8-6-11(7-9-12)10-4-2-1-3-5-10/h1-9,14-15,18H/t14?,15-/m1/s1. The minimum atomic E-state index is -1.66. The summed E-state index contributed by atoms with van der Waals surface area (Å²) >= 11 is 0. The van der Waals surface area contributed by atoms with Gasteiger partial charge in [0.2, 0.25) is 11.9 Å². The Morgan fingerprint density at radius 2 is 1.45 bits per heavy atom. The summed E-state index contributed by atoms with van der Waals surface area (Å²) in [5, 5.41) is 9.31. The molecule has 100 valence electrons. The smallest absolute Gasteiger partial charge is 0.344 e. The van der Waals surface area contributed by atoms with Crippen LogP contribution in [-0.4, -0.2) is 23.0 Å². The van der Waals surface area contributed by atoms with E-state index in [1.54, 1.807) is 12.1 Å². The van der Waals surface area contributed by atoms with Crippen LogP contribution in [0.15, 0.2) is 54.6 Å². The Balaban J connectivity index is 1.88. The van der Waals surface area contributed by atoms with Crippen LogP contribution in [0.25, 0.3) is 11.1 Å². The third kappa shape index (κ3) is 2.10. The third-order valence-corrected chi connectivity index (χ3v) is 3.31. The Kier molecular flexibility index (Phi) is 3.08. The fraction of sp³-hybridized carbons (Fsp3) is 0.125. The fourth-order valence-corrected chi connectivity index (χ4v) is 2.21. The minimum absolute atomic E-state index is 0.569. The maximum absolute atomic E-state index is 11.7. The van der Waals surface area contributed by atoms with E-state index in [-0.39, 0.29) is 0 Å². The highest BCUT2D eigenvalue weighted by molar-refractivity contribution is 6.09. The molecular formula is C16H12O4. The molecule has 1 fully saturated rings. The molecule has 0 radical (unpaired) electrons. The molecule has 2 aromatic carbocycles. The van der Waals surface area contributed by atoms with Crippen molar-refractivity contribution in [3.63, 3.8) is 0 Å². The zero-order valence-electron chi connectivity index (χ0n) is 10.5. The van der Waals surface area contributed by atoms with Crippen molar-refractivity contribution in [3.05, 3.63) is 60.2 Å². The van der Waals surface area contributed by atoms with Gasteiger partial charge in [0.05, 0.1) is 0 Å². The van der Waals surface area contributed by atoms with Gasteiger partial charge in [0.25, 0.3) is 0 Å². The first-order chi connectivity index (χ1) is 9.66. The minimum Gasteiger partial charge on any atom is -0.447 e. The second-order valence-corrected chi connectivity index (χ2v) is 4.61. The SMILES string of the molecule is O=C1O[C@H](c2ccc(-c3ccccc3)cc2)C(=O)C1O. The molecule has 0 spiro atoms. The van der Waals surface area contributed by atoms with E-state index in [1.807, 2.05) is 42.5 Å². The topological polar surface area (TPSA) is 63.6 Å². The first kappa shape index (κ1) is 12.6. The van der Waals surface area contributed by atoms with Gasteiger partial charge in [0.1, 0.15) is 0 Å². The number of ether oxygens (including phenoxy) is 1. The molecule has 0 saturated carbocycles. The van der Waals surface area contributed by atoms with Crippen LogP contribution >= 0.6 is 0 Å². The lowest BCUT2D eigenvalue weighted by Gasteiger charge is -2.09. The third-order valence-electron chi connectivity index (χ3n) is 3.31. The van der Waals surface area contributed by atoms with E-state index in [0.29, 0.717) is 5.56 Å². The zero-order valence-corrected chi connectivity index (χ0v) is 10.5. The number of Topliss-reactive ketones (excluding diaryl/α,β-unsaturated/α-hetero) is 1. The normalized spacial score (nSPS) is 21.9. The number of carbonyl (C=O) groups excluding carboxylic acids is 2. The van der Waals surface area contributed by atoms with E-state index >= 15 is 0 Å². The van der Waals surface area contributed by atoms with E-state index in [0.717, 1.165) is 11.1 Å². The zero-order chi connectivity index (χ0) is 14.1. The van der Waals surface area contributed by atoms with Crippen LogP contribution in [0.1, 0.15) is 11.7 Å². The highest BCUT2D eigenvalue weighted by Crippen LogP contribution is 2.28. The largest absolute Gasteiger partial charge is 0.447 e. The van der Waals surface area contributed by atoms with E-state index in [1.165, 1.54) is 0 Å². The number of carbonyl (C=O) groups is 2. The summed E-state index contributed by atoms with van der Waals surface area (Å²) < 4.78 is 4.88. The molecule has 1 aliphatic rings. The number of cyclic esters (lactones) is 1. The number of aliphatic hydroxyl groups excluding tert-OH is 1. The molecule has 0 amide bonds. The van der Waals surface area contributed by atoms with Crippen LogP contribution < -0.4 is 0 Å². The quantitative estimate of drug-likeness (QED) is 0.667. The second kappa shape index (κ2) is 4.90. The molecule has 1 N–H and O–H groups in total. The van der Waals surface area contributed by atoms with Gasteiger partial charge in [0.15, 0.2) is 6.10 Å². The number of hydrogen-bond donors (Lipinski definition) is 1. The summed E-state index contributed by atoms with van der Waals surface area (Å²) in [6, 6.07) is 17.0. The second-order valence-electron chi connectivity index (χ2n) is 4.61. The average molecular weight is 268 g/mol. The van der Waals surface area contributed by atoms with Gasteiger partial charge in [-0.1, -0.05) is 54.6 Å². The summed E-state index contributed by atoms with van der Waals surface area (Å²) in [5.74, 6) is -1.49. The van der Waals surface area contributed by atoms with E-state index < -0.39 is 24.0 Å². The number of aliphatic hydroxyl groups is 1. The van der Waals surface area contributed by atoms with Crippen molar-refractivity contribution in [2.24, 2.45) is 0 Å². The molecule has 0 aliphatic carbocycles. The van der Waals surface area contributed by atoms with Crippen molar-refractivity contribution < 1.29 is 19.4 Å². The predicted molar refractivity (Wildman–Crippen MR) is 71.7 cm³/mol. The van der Waals surface area contributed by atoms with Crippen LogP contribution in [-0.2, 0) is 14.3 Å².